The van der Waals surface area contributed by atoms with Crippen LogP contribution in [0.5, 0.6) is 0 Å². The number of anilines is 1. The molecule has 0 saturated carbocycles. The Kier molecular flexibility index (Phi) is 3.02. The number of halogens is 1. The number of nitrogens with zero attached hydrogens (tertiary/aromatic N) is 1. The van der Waals surface area contributed by atoms with Gasteiger partial charge in [0.25, 0.3) is 0 Å². The molecule has 0 unspecified atom stereocenters. The maximum atomic E-state index is 10.4. The van der Waals surface area contributed by atoms with Gasteiger partial charge in [0.05, 0.1) is 5.69 Å². The quantitative estimate of drug-likeness (QED) is 0.729. The summed E-state index contributed by atoms with van der Waals surface area (Å²) in [6.45, 7) is 0. The molecule has 0 fully saturated rings. The van der Waals surface area contributed by atoms with Crippen LogP contribution in [0.1, 0.15) is 0 Å². The molecule has 60 valence electrons. The summed E-state index contributed by atoms with van der Waals surface area (Å²) >= 11 is 0. The highest BCUT2D eigenvalue weighted by molar-refractivity contribution is 8.21. The molecule has 11 heavy (non-hydrogen) atoms. The molecule has 1 aromatic rings. The average molecular weight is 191 g/mol. The van der Waals surface area contributed by atoms with Crippen LogP contribution in [0.2, 0.25) is 0 Å². The molecule has 0 bridgehead atoms. The molecule has 0 atom stereocenters. The molecule has 5 heteroatoms. The Hall–Kier alpha value is -0.420. The minimum atomic E-state index is -0.204. The Morgan fingerprint density at radius 3 is 2.55 bits per heavy atom. The van der Waals surface area contributed by atoms with Gasteiger partial charge in [-0.15, -0.1) is 0 Å². The highest BCUT2D eigenvalue weighted by Crippen LogP contribution is 2.30. The van der Waals surface area contributed by atoms with Crippen LogP contribution in [-0.2, 0) is 0 Å². The maximum Gasteiger partial charge on any atom is 0.0656 e. The highest BCUT2D eigenvalue weighted by Gasteiger charge is 1.99. The van der Waals surface area contributed by atoms with Crippen molar-refractivity contribution in [3.05, 3.63) is 29.5 Å². The molecule has 0 heterocycles. The summed E-state index contributed by atoms with van der Waals surface area (Å²) in [5.41, 5.74) is 0.160. The number of hydrogen-bond acceptors (Lipinski definition) is 4. The third-order valence-electron chi connectivity index (χ3n) is 1.15. The molecule has 0 aliphatic carbocycles. The van der Waals surface area contributed by atoms with Gasteiger partial charge in [-0.1, -0.05) is 12.1 Å². The zero-order valence-corrected chi connectivity index (χ0v) is 6.97. The summed E-state index contributed by atoms with van der Waals surface area (Å²) in [7, 11) is 6.31. The van der Waals surface area contributed by atoms with Crippen LogP contribution in [-0.4, -0.2) is 5.21 Å². The Morgan fingerprint density at radius 1 is 1.45 bits per heavy atom. The predicted molar refractivity (Wildman–Crippen MR) is 45.8 cm³/mol. The van der Waals surface area contributed by atoms with Crippen LogP contribution in [0.25, 0.3) is 0 Å². The van der Waals surface area contributed by atoms with Crippen LogP contribution in [0, 0.1) is 5.21 Å². The first-order valence-corrected chi connectivity index (χ1v) is 4.43. The van der Waals surface area contributed by atoms with Gasteiger partial charge in [0.2, 0.25) is 0 Å². The smallest absolute Gasteiger partial charge is 0.0656 e. The number of benzene rings is 1. The Morgan fingerprint density at radius 2 is 2.09 bits per heavy atom. The summed E-state index contributed by atoms with van der Waals surface area (Å²) in [4.78, 5) is 0.534. The molecular weight excluding hydrogens is 186 g/mol. The number of rotatable bonds is 2. The lowest BCUT2D eigenvalue weighted by Crippen LogP contribution is -2.07. The Bertz CT molecular complexity index is 244. The molecule has 0 radical (unpaired) electrons. The van der Waals surface area contributed by atoms with Crippen molar-refractivity contribution in [3.63, 3.8) is 0 Å². The first-order valence-electron chi connectivity index (χ1n) is 2.79. The van der Waals surface area contributed by atoms with E-state index in [9.17, 15) is 5.21 Å². The van der Waals surface area contributed by atoms with Gasteiger partial charge in [0.1, 0.15) is 0 Å². The normalized spacial score (nSPS) is 9.73. The van der Waals surface area contributed by atoms with Crippen molar-refractivity contribution in [1.29, 1.82) is 0 Å². The van der Waals surface area contributed by atoms with Crippen LogP contribution < -0.4 is 5.23 Å². The molecule has 0 saturated heterocycles. The fourth-order valence-corrected chi connectivity index (χ4v) is 1.43. The van der Waals surface area contributed by atoms with Crippen molar-refractivity contribution in [2.45, 2.75) is 4.90 Å². The van der Waals surface area contributed by atoms with Crippen molar-refractivity contribution in [2.24, 2.45) is 0 Å². The van der Waals surface area contributed by atoms with E-state index in [1.54, 1.807) is 18.2 Å². The van der Waals surface area contributed by atoms with E-state index in [0.717, 1.165) is 11.0 Å². The SMILES string of the molecule is [O-]N(O)c1ccccc1SCl. The largest absolute Gasteiger partial charge is 0.733 e. The average Bonchev–Trinajstić information content (AvgIpc) is 2.04. The second-order valence-corrected chi connectivity index (χ2v) is 2.87. The molecule has 1 aromatic carbocycles. The Balaban J connectivity index is 3.02. The third-order valence-corrected chi connectivity index (χ3v) is 2.16. The summed E-state index contributed by atoms with van der Waals surface area (Å²) in [6, 6.07) is 6.51. The molecule has 1 N–H and O–H groups in total. The lowest BCUT2D eigenvalue weighted by molar-refractivity contribution is 0.294. The lowest BCUT2D eigenvalue weighted by atomic mass is 10.3. The van der Waals surface area contributed by atoms with Crippen molar-refractivity contribution in [2.75, 3.05) is 5.23 Å². The first-order chi connectivity index (χ1) is 5.25. The summed E-state index contributed by atoms with van der Waals surface area (Å²) in [6.07, 6.45) is 0. The number of hydrogen-bond donors (Lipinski definition) is 1. The maximum absolute atomic E-state index is 10.4. The van der Waals surface area contributed by atoms with Crippen LogP contribution in [0.3, 0.4) is 0 Å². The lowest BCUT2D eigenvalue weighted by Gasteiger charge is -2.23. The van der Waals surface area contributed by atoms with E-state index in [1.807, 2.05) is 0 Å². The molecule has 0 aromatic heterocycles. The van der Waals surface area contributed by atoms with E-state index in [4.69, 9.17) is 15.9 Å². The summed E-state index contributed by atoms with van der Waals surface area (Å²) in [5.74, 6) is 0. The van der Waals surface area contributed by atoms with Gasteiger partial charge >= 0.3 is 0 Å². The Labute approximate surface area is 72.6 Å². The number of para-hydroxylation sites is 1. The molecule has 0 amide bonds. The molecule has 1 rings (SSSR count). The molecule has 0 spiro atoms. The van der Waals surface area contributed by atoms with E-state index >= 15 is 0 Å². The van der Waals surface area contributed by atoms with Gasteiger partial charge in [-0.3, -0.25) is 5.21 Å². The van der Waals surface area contributed by atoms with Crippen molar-refractivity contribution < 1.29 is 5.21 Å². The van der Waals surface area contributed by atoms with Crippen LogP contribution in [0.4, 0.5) is 5.69 Å². The van der Waals surface area contributed by atoms with E-state index in [-0.39, 0.29) is 10.9 Å². The second kappa shape index (κ2) is 3.82. The van der Waals surface area contributed by atoms with Gasteiger partial charge in [-0.05, 0) is 33.8 Å². The van der Waals surface area contributed by atoms with E-state index in [1.165, 1.54) is 6.07 Å². The minimum absolute atomic E-state index is 0.160. The van der Waals surface area contributed by atoms with Gasteiger partial charge in [-0.25, -0.2) is 0 Å². The van der Waals surface area contributed by atoms with E-state index in [0.29, 0.717) is 4.90 Å². The second-order valence-electron chi connectivity index (χ2n) is 1.82. The predicted octanol–water partition coefficient (Wildman–Crippen LogP) is 2.63. The van der Waals surface area contributed by atoms with Crippen LogP contribution in [0.15, 0.2) is 29.2 Å². The topological polar surface area (TPSA) is 46.5 Å². The van der Waals surface area contributed by atoms with Crippen molar-refractivity contribution in [1.82, 2.24) is 0 Å². The van der Waals surface area contributed by atoms with Crippen molar-refractivity contribution >= 4 is 27.3 Å². The first kappa shape index (κ1) is 8.67. The minimum Gasteiger partial charge on any atom is -0.733 e. The molecular formula is C6H5ClNO2S-. The zero-order valence-electron chi connectivity index (χ0n) is 5.40. The monoisotopic (exact) mass is 190 g/mol. The summed E-state index contributed by atoms with van der Waals surface area (Å²) < 4.78 is 0. The standard InChI is InChI=1S/C6H5ClNO2S/c7-11-6-4-2-1-3-5(6)8(9)10/h1-4,9H/q-1. The molecule has 0 aliphatic rings. The summed E-state index contributed by atoms with van der Waals surface area (Å²) in [5, 5.41) is 18.8. The van der Waals surface area contributed by atoms with Gasteiger partial charge in [-0.2, -0.15) is 0 Å². The van der Waals surface area contributed by atoms with E-state index < -0.39 is 0 Å². The molecule has 0 aliphatic heterocycles. The van der Waals surface area contributed by atoms with Gasteiger partial charge < -0.3 is 10.4 Å². The zero-order chi connectivity index (χ0) is 8.27. The molecule has 3 nitrogen and oxygen atoms in total. The highest BCUT2D eigenvalue weighted by atomic mass is 35.7. The third kappa shape index (κ3) is 2.00. The van der Waals surface area contributed by atoms with Crippen LogP contribution >= 0.6 is 21.7 Å². The fourth-order valence-electron chi connectivity index (χ4n) is 0.680. The van der Waals surface area contributed by atoms with Gasteiger partial charge in [0.15, 0.2) is 0 Å². The van der Waals surface area contributed by atoms with E-state index in [2.05, 4.69) is 0 Å². The fraction of sp³-hybridized carbons (Fsp3) is 0. The van der Waals surface area contributed by atoms with Gasteiger partial charge in [0, 0.05) is 4.90 Å². The van der Waals surface area contributed by atoms with Crippen molar-refractivity contribution in [3.8, 4) is 0 Å².